The first-order chi connectivity index (χ1) is 10.2. The first-order valence-electron chi connectivity index (χ1n) is 7.82. The molecule has 2 N–H and O–H groups in total. The van der Waals surface area contributed by atoms with Crippen LogP contribution in [0.15, 0.2) is 18.2 Å². The van der Waals surface area contributed by atoms with Crippen molar-refractivity contribution in [1.82, 2.24) is 9.80 Å². The zero-order valence-corrected chi connectivity index (χ0v) is 12.3. The Bertz CT molecular complexity index is 494. The molecule has 2 unspecified atom stereocenters. The summed E-state index contributed by atoms with van der Waals surface area (Å²) in [6.45, 7) is 4.69. The second-order valence-electron chi connectivity index (χ2n) is 6.11. The average molecular weight is 295 g/mol. The summed E-state index contributed by atoms with van der Waals surface area (Å²) in [4.78, 5) is 4.90. The zero-order valence-electron chi connectivity index (χ0n) is 12.3. The first kappa shape index (κ1) is 14.9. The molecule has 0 saturated carbocycles. The van der Waals surface area contributed by atoms with Crippen LogP contribution in [0, 0.1) is 11.6 Å². The summed E-state index contributed by atoms with van der Waals surface area (Å²) in [5.74, 6) is -1.59. The topological polar surface area (TPSA) is 32.5 Å². The van der Waals surface area contributed by atoms with Crippen molar-refractivity contribution >= 4 is 0 Å². The van der Waals surface area contributed by atoms with Crippen molar-refractivity contribution in [3.05, 3.63) is 35.4 Å². The van der Waals surface area contributed by atoms with Crippen LogP contribution in [0.2, 0.25) is 0 Å². The van der Waals surface area contributed by atoms with Gasteiger partial charge in [-0.05, 0) is 50.0 Å². The zero-order chi connectivity index (χ0) is 14.8. The highest BCUT2D eigenvalue weighted by Crippen LogP contribution is 2.28. The molecule has 2 atom stereocenters. The molecular formula is C16H23F2N3. The molecule has 3 rings (SSSR count). The summed E-state index contributed by atoms with van der Waals surface area (Å²) in [7, 11) is 0. The molecule has 2 heterocycles. The van der Waals surface area contributed by atoms with Crippen LogP contribution >= 0.6 is 0 Å². The van der Waals surface area contributed by atoms with Crippen molar-refractivity contribution in [1.29, 1.82) is 0 Å². The Kier molecular flexibility index (Phi) is 4.52. The maximum atomic E-state index is 13.5. The lowest BCUT2D eigenvalue weighted by atomic mass is 10.0. The van der Waals surface area contributed by atoms with Crippen LogP contribution in [0.3, 0.4) is 0 Å². The number of hydrogen-bond donors (Lipinski definition) is 1. The van der Waals surface area contributed by atoms with Crippen LogP contribution < -0.4 is 5.73 Å². The highest BCUT2D eigenvalue weighted by Gasteiger charge is 2.31. The standard InChI is InChI=1S/C16H23F2N3/c17-14-5-4-12(9-15(14)18)16(10-19)21-8-2-7-20-6-1-3-13(20)11-21/h4-5,9,13,16H,1-3,6-8,10-11,19H2. The number of fused-ring (bicyclic) bond motifs is 1. The van der Waals surface area contributed by atoms with Gasteiger partial charge in [0.2, 0.25) is 0 Å². The third-order valence-corrected chi connectivity index (χ3v) is 4.83. The molecule has 21 heavy (non-hydrogen) atoms. The monoisotopic (exact) mass is 295 g/mol. The quantitative estimate of drug-likeness (QED) is 0.927. The molecule has 116 valence electrons. The molecule has 3 nitrogen and oxygen atoms in total. The summed E-state index contributed by atoms with van der Waals surface area (Å²) in [6, 6.07) is 4.72. The van der Waals surface area contributed by atoms with Crippen LogP contribution in [-0.2, 0) is 0 Å². The molecule has 0 aliphatic carbocycles. The fourth-order valence-electron chi connectivity index (χ4n) is 3.73. The van der Waals surface area contributed by atoms with E-state index in [1.807, 2.05) is 0 Å². The fraction of sp³-hybridized carbons (Fsp3) is 0.625. The smallest absolute Gasteiger partial charge is 0.159 e. The lowest BCUT2D eigenvalue weighted by molar-refractivity contribution is 0.176. The van der Waals surface area contributed by atoms with Crippen LogP contribution in [0.1, 0.15) is 30.9 Å². The molecule has 0 amide bonds. The Morgan fingerprint density at radius 3 is 2.71 bits per heavy atom. The van der Waals surface area contributed by atoms with E-state index in [2.05, 4.69) is 9.80 Å². The minimum atomic E-state index is -0.799. The number of benzene rings is 1. The lowest BCUT2D eigenvalue weighted by Crippen LogP contribution is -2.40. The largest absolute Gasteiger partial charge is 0.329 e. The molecule has 1 aromatic carbocycles. The molecule has 2 fully saturated rings. The number of nitrogens with zero attached hydrogens (tertiary/aromatic N) is 2. The van der Waals surface area contributed by atoms with E-state index in [0.717, 1.165) is 31.6 Å². The minimum Gasteiger partial charge on any atom is -0.329 e. The Morgan fingerprint density at radius 1 is 1.14 bits per heavy atom. The Hall–Kier alpha value is -1.04. The average Bonchev–Trinajstić information content (AvgIpc) is 2.82. The minimum absolute atomic E-state index is 0.0272. The molecule has 1 aromatic rings. The predicted octanol–water partition coefficient (Wildman–Crippen LogP) is 2.13. The van der Waals surface area contributed by atoms with Gasteiger partial charge in [0.25, 0.3) is 0 Å². The van der Waals surface area contributed by atoms with Crippen LogP contribution in [0.5, 0.6) is 0 Å². The van der Waals surface area contributed by atoms with E-state index in [1.54, 1.807) is 6.07 Å². The summed E-state index contributed by atoms with van der Waals surface area (Å²) in [5, 5.41) is 0. The third kappa shape index (κ3) is 3.10. The second kappa shape index (κ2) is 6.38. The fourth-order valence-corrected chi connectivity index (χ4v) is 3.73. The normalized spacial score (nSPS) is 25.6. The Balaban J connectivity index is 1.79. The summed E-state index contributed by atoms with van der Waals surface area (Å²) >= 11 is 0. The lowest BCUT2D eigenvalue weighted by Gasteiger charge is -2.32. The van der Waals surface area contributed by atoms with Crippen molar-refractivity contribution in [2.75, 3.05) is 32.7 Å². The number of rotatable bonds is 3. The molecule has 2 aliphatic heterocycles. The van der Waals surface area contributed by atoms with Crippen molar-refractivity contribution in [2.45, 2.75) is 31.3 Å². The van der Waals surface area contributed by atoms with Crippen molar-refractivity contribution in [3.8, 4) is 0 Å². The summed E-state index contributed by atoms with van der Waals surface area (Å²) in [5.41, 5.74) is 6.72. The van der Waals surface area contributed by atoms with Gasteiger partial charge in [-0.2, -0.15) is 0 Å². The van der Waals surface area contributed by atoms with Crippen molar-refractivity contribution < 1.29 is 8.78 Å². The van der Waals surface area contributed by atoms with Gasteiger partial charge in [-0.1, -0.05) is 6.07 Å². The number of nitrogens with two attached hydrogens (primary N) is 1. The maximum absolute atomic E-state index is 13.5. The van der Waals surface area contributed by atoms with Gasteiger partial charge in [-0.25, -0.2) is 8.78 Å². The van der Waals surface area contributed by atoms with Crippen molar-refractivity contribution in [2.24, 2.45) is 5.73 Å². The van der Waals surface area contributed by atoms with E-state index in [4.69, 9.17) is 5.73 Å². The second-order valence-corrected chi connectivity index (χ2v) is 6.11. The van der Waals surface area contributed by atoms with Gasteiger partial charge in [0, 0.05) is 31.7 Å². The molecule has 0 spiro atoms. The summed E-state index contributed by atoms with van der Waals surface area (Å²) in [6.07, 6.45) is 3.60. The molecule has 0 radical (unpaired) electrons. The van der Waals surface area contributed by atoms with Crippen molar-refractivity contribution in [3.63, 3.8) is 0 Å². The SMILES string of the molecule is NCC(c1ccc(F)c(F)c1)N1CCCN2CCCC2C1. The van der Waals surface area contributed by atoms with Gasteiger partial charge in [-0.15, -0.1) is 0 Å². The van der Waals surface area contributed by atoms with Gasteiger partial charge in [0.1, 0.15) is 0 Å². The molecule has 2 saturated heterocycles. The maximum Gasteiger partial charge on any atom is 0.159 e. The third-order valence-electron chi connectivity index (χ3n) is 4.83. The first-order valence-corrected chi connectivity index (χ1v) is 7.82. The van der Waals surface area contributed by atoms with E-state index in [1.165, 1.54) is 31.5 Å². The van der Waals surface area contributed by atoms with E-state index in [-0.39, 0.29) is 6.04 Å². The Labute approximate surface area is 124 Å². The Morgan fingerprint density at radius 2 is 1.95 bits per heavy atom. The summed E-state index contributed by atoms with van der Waals surface area (Å²) < 4.78 is 26.6. The molecule has 2 aliphatic rings. The predicted molar refractivity (Wildman–Crippen MR) is 78.9 cm³/mol. The van der Waals surface area contributed by atoms with Gasteiger partial charge in [0.05, 0.1) is 0 Å². The molecule has 5 heteroatoms. The van der Waals surface area contributed by atoms with E-state index in [9.17, 15) is 8.78 Å². The molecule has 0 aromatic heterocycles. The van der Waals surface area contributed by atoms with Crippen LogP contribution in [-0.4, -0.2) is 48.6 Å². The highest BCUT2D eigenvalue weighted by atomic mass is 19.2. The molecule has 0 bridgehead atoms. The van der Waals surface area contributed by atoms with Gasteiger partial charge < -0.3 is 5.73 Å². The van der Waals surface area contributed by atoms with Gasteiger partial charge in [0.15, 0.2) is 11.6 Å². The highest BCUT2D eigenvalue weighted by molar-refractivity contribution is 5.22. The van der Waals surface area contributed by atoms with Crippen LogP contribution in [0.25, 0.3) is 0 Å². The number of halogens is 2. The number of hydrogen-bond acceptors (Lipinski definition) is 3. The van der Waals surface area contributed by atoms with E-state index >= 15 is 0 Å². The van der Waals surface area contributed by atoms with Gasteiger partial charge >= 0.3 is 0 Å². The molecular weight excluding hydrogens is 272 g/mol. The van der Waals surface area contributed by atoms with E-state index in [0.29, 0.717) is 12.6 Å². The van der Waals surface area contributed by atoms with Gasteiger partial charge in [-0.3, -0.25) is 9.80 Å². The van der Waals surface area contributed by atoms with E-state index < -0.39 is 11.6 Å². The van der Waals surface area contributed by atoms with Crippen LogP contribution in [0.4, 0.5) is 8.78 Å².